The Kier molecular flexibility index (Phi) is 7.88. The van der Waals surface area contributed by atoms with Crippen LogP contribution in [0.1, 0.15) is 26.7 Å². The molecule has 1 aromatic rings. The van der Waals surface area contributed by atoms with Crippen molar-refractivity contribution in [2.45, 2.75) is 26.7 Å². The second-order valence-corrected chi connectivity index (χ2v) is 4.70. The molecular formula is C16H28N2O2. The molecule has 0 unspecified atom stereocenters. The van der Waals surface area contributed by atoms with E-state index < -0.39 is 0 Å². The fourth-order valence-corrected chi connectivity index (χ4v) is 2.24. The molecule has 20 heavy (non-hydrogen) atoms. The van der Waals surface area contributed by atoms with Gasteiger partial charge in [-0.05, 0) is 44.6 Å². The molecule has 0 saturated carbocycles. The Bertz CT molecular complexity index is 356. The zero-order chi connectivity index (χ0) is 14.8. The van der Waals surface area contributed by atoms with Crippen molar-refractivity contribution in [3.63, 3.8) is 0 Å². The average Bonchev–Trinajstić information content (AvgIpc) is 2.50. The average molecular weight is 280 g/mol. The van der Waals surface area contributed by atoms with Crippen LogP contribution >= 0.6 is 0 Å². The Balaban J connectivity index is 2.42. The molecule has 0 aliphatic rings. The molecule has 1 aromatic carbocycles. The lowest BCUT2D eigenvalue weighted by Gasteiger charge is -2.18. The van der Waals surface area contributed by atoms with Crippen LogP contribution in [0.15, 0.2) is 18.2 Å². The SMILES string of the molecule is CCN(CC)CCCCNc1c(OC)cccc1OC. The van der Waals surface area contributed by atoms with E-state index in [9.17, 15) is 0 Å². The van der Waals surface area contributed by atoms with Gasteiger partial charge in [-0.3, -0.25) is 0 Å². The molecule has 4 nitrogen and oxygen atoms in total. The van der Waals surface area contributed by atoms with Gasteiger partial charge in [0.15, 0.2) is 0 Å². The number of benzene rings is 1. The summed E-state index contributed by atoms with van der Waals surface area (Å²) in [6.07, 6.45) is 2.34. The molecule has 0 atom stereocenters. The summed E-state index contributed by atoms with van der Waals surface area (Å²) < 4.78 is 10.7. The highest BCUT2D eigenvalue weighted by molar-refractivity contribution is 5.66. The van der Waals surface area contributed by atoms with E-state index in [1.165, 1.54) is 6.42 Å². The van der Waals surface area contributed by atoms with Crippen molar-refractivity contribution in [1.82, 2.24) is 4.90 Å². The minimum absolute atomic E-state index is 0.827. The molecular weight excluding hydrogens is 252 g/mol. The van der Waals surface area contributed by atoms with Gasteiger partial charge in [-0.1, -0.05) is 19.9 Å². The number of para-hydroxylation sites is 1. The highest BCUT2D eigenvalue weighted by atomic mass is 16.5. The number of unbranched alkanes of at least 4 members (excludes halogenated alkanes) is 1. The summed E-state index contributed by atoms with van der Waals surface area (Å²) in [6.45, 7) is 8.77. The Hall–Kier alpha value is -1.42. The summed E-state index contributed by atoms with van der Waals surface area (Å²) in [6, 6.07) is 5.82. The normalized spacial score (nSPS) is 10.7. The van der Waals surface area contributed by atoms with Crippen LogP contribution in [0.25, 0.3) is 0 Å². The monoisotopic (exact) mass is 280 g/mol. The molecule has 0 spiro atoms. The lowest BCUT2D eigenvalue weighted by molar-refractivity contribution is 0.298. The van der Waals surface area contributed by atoms with Crippen molar-refractivity contribution in [3.8, 4) is 11.5 Å². The molecule has 0 fully saturated rings. The second kappa shape index (κ2) is 9.48. The Morgan fingerprint density at radius 1 is 1.00 bits per heavy atom. The van der Waals surface area contributed by atoms with E-state index in [1.54, 1.807) is 14.2 Å². The number of nitrogens with one attached hydrogen (secondary N) is 1. The fourth-order valence-electron chi connectivity index (χ4n) is 2.24. The van der Waals surface area contributed by atoms with Crippen LogP contribution in [0.4, 0.5) is 5.69 Å². The third-order valence-electron chi connectivity index (χ3n) is 3.53. The molecule has 1 rings (SSSR count). The third kappa shape index (κ3) is 4.93. The Morgan fingerprint density at radius 2 is 1.60 bits per heavy atom. The van der Waals surface area contributed by atoms with E-state index in [0.717, 1.165) is 49.8 Å². The first-order chi connectivity index (χ1) is 9.76. The lowest BCUT2D eigenvalue weighted by Crippen LogP contribution is -2.24. The summed E-state index contributed by atoms with van der Waals surface area (Å²) in [5.74, 6) is 1.65. The zero-order valence-corrected chi connectivity index (χ0v) is 13.2. The van der Waals surface area contributed by atoms with Gasteiger partial charge in [0.05, 0.1) is 14.2 Å². The van der Waals surface area contributed by atoms with E-state index in [1.807, 2.05) is 18.2 Å². The van der Waals surface area contributed by atoms with Crippen molar-refractivity contribution >= 4 is 5.69 Å². The smallest absolute Gasteiger partial charge is 0.145 e. The minimum atomic E-state index is 0.827. The van der Waals surface area contributed by atoms with Gasteiger partial charge in [-0.25, -0.2) is 0 Å². The van der Waals surface area contributed by atoms with E-state index in [-0.39, 0.29) is 0 Å². The van der Waals surface area contributed by atoms with Crippen LogP contribution in [-0.4, -0.2) is 45.3 Å². The van der Waals surface area contributed by atoms with Crippen molar-refractivity contribution in [3.05, 3.63) is 18.2 Å². The summed E-state index contributed by atoms with van der Waals surface area (Å²) in [7, 11) is 3.36. The zero-order valence-electron chi connectivity index (χ0n) is 13.2. The molecule has 114 valence electrons. The quantitative estimate of drug-likeness (QED) is 0.667. The summed E-state index contributed by atoms with van der Waals surface area (Å²) in [5.41, 5.74) is 0.945. The number of hydrogen-bond donors (Lipinski definition) is 1. The van der Waals surface area contributed by atoms with Gasteiger partial charge in [0.25, 0.3) is 0 Å². The number of methoxy groups -OCH3 is 2. The third-order valence-corrected chi connectivity index (χ3v) is 3.53. The maximum Gasteiger partial charge on any atom is 0.145 e. The van der Waals surface area contributed by atoms with Gasteiger partial charge in [0, 0.05) is 6.54 Å². The van der Waals surface area contributed by atoms with E-state index in [2.05, 4.69) is 24.1 Å². The first-order valence-electron chi connectivity index (χ1n) is 7.44. The largest absolute Gasteiger partial charge is 0.494 e. The molecule has 0 radical (unpaired) electrons. The van der Waals surface area contributed by atoms with Crippen LogP contribution in [0, 0.1) is 0 Å². The lowest BCUT2D eigenvalue weighted by atomic mass is 10.2. The molecule has 0 amide bonds. The molecule has 4 heteroatoms. The Labute approximate surface area is 123 Å². The first-order valence-corrected chi connectivity index (χ1v) is 7.44. The number of anilines is 1. The number of hydrogen-bond acceptors (Lipinski definition) is 4. The fraction of sp³-hybridized carbons (Fsp3) is 0.625. The predicted octanol–water partition coefficient (Wildman–Crippen LogP) is 3.24. The van der Waals surface area contributed by atoms with Crippen molar-refractivity contribution in [2.24, 2.45) is 0 Å². The maximum absolute atomic E-state index is 5.37. The van der Waals surface area contributed by atoms with Gasteiger partial charge >= 0.3 is 0 Å². The van der Waals surface area contributed by atoms with E-state index in [0.29, 0.717) is 0 Å². The minimum Gasteiger partial charge on any atom is -0.494 e. The van der Waals surface area contributed by atoms with Crippen molar-refractivity contribution in [2.75, 3.05) is 45.7 Å². The van der Waals surface area contributed by atoms with Gasteiger partial charge < -0.3 is 19.7 Å². The van der Waals surface area contributed by atoms with Crippen LogP contribution in [0.2, 0.25) is 0 Å². The van der Waals surface area contributed by atoms with Gasteiger partial charge in [-0.2, -0.15) is 0 Å². The van der Waals surface area contributed by atoms with E-state index >= 15 is 0 Å². The van der Waals surface area contributed by atoms with Crippen LogP contribution in [0.3, 0.4) is 0 Å². The molecule has 0 bridgehead atoms. The van der Waals surface area contributed by atoms with E-state index in [4.69, 9.17) is 9.47 Å². The van der Waals surface area contributed by atoms with Gasteiger partial charge in [-0.15, -0.1) is 0 Å². The van der Waals surface area contributed by atoms with Crippen molar-refractivity contribution < 1.29 is 9.47 Å². The maximum atomic E-state index is 5.37. The molecule has 0 saturated heterocycles. The number of ether oxygens (including phenoxy) is 2. The molecule has 1 N–H and O–H groups in total. The topological polar surface area (TPSA) is 33.7 Å². The van der Waals surface area contributed by atoms with Gasteiger partial charge in [0.1, 0.15) is 17.2 Å². The standard InChI is InChI=1S/C16H28N2O2/c1-5-18(6-2)13-8-7-12-17-16-14(19-3)10-9-11-15(16)20-4/h9-11,17H,5-8,12-13H2,1-4H3. The highest BCUT2D eigenvalue weighted by Crippen LogP contribution is 2.33. The van der Waals surface area contributed by atoms with Crippen LogP contribution in [0.5, 0.6) is 11.5 Å². The first kappa shape index (κ1) is 16.6. The highest BCUT2D eigenvalue weighted by Gasteiger charge is 2.08. The molecule has 0 aliphatic heterocycles. The molecule has 0 heterocycles. The Morgan fingerprint density at radius 3 is 2.10 bits per heavy atom. The molecule has 0 aliphatic carbocycles. The summed E-state index contributed by atoms with van der Waals surface area (Å²) >= 11 is 0. The second-order valence-electron chi connectivity index (χ2n) is 4.70. The van der Waals surface area contributed by atoms with Crippen LogP contribution < -0.4 is 14.8 Å². The van der Waals surface area contributed by atoms with Gasteiger partial charge in [0.2, 0.25) is 0 Å². The molecule has 0 aromatic heterocycles. The summed E-state index contributed by atoms with van der Waals surface area (Å²) in [4.78, 5) is 2.45. The predicted molar refractivity (Wildman–Crippen MR) is 85.1 cm³/mol. The summed E-state index contributed by atoms with van der Waals surface area (Å²) in [5, 5.41) is 3.42. The van der Waals surface area contributed by atoms with Crippen LogP contribution in [-0.2, 0) is 0 Å². The number of nitrogens with zero attached hydrogens (tertiary/aromatic N) is 1. The number of rotatable bonds is 10. The van der Waals surface area contributed by atoms with Crippen molar-refractivity contribution in [1.29, 1.82) is 0 Å².